The number of rotatable bonds is 3. The Balaban J connectivity index is 2.33. The lowest BCUT2D eigenvalue weighted by molar-refractivity contribution is -0.139. The number of hydrogen-bond acceptors (Lipinski definition) is 3. The second-order valence-electron chi connectivity index (χ2n) is 3.43. The molecule has 5 heteroatoms. The SMILES string of the molecule is C#CCC(=O)N1CCN(CC(=O)O)CC1. The number of aliphatic carboxylic acids is 1. The average Bonchev–Trinajstić information content (AvgIpc) is 2.18. The van der Waals surface area contributed by atoms with Crippen LogP contribution in [0.4, 0.5) is 0 Å². The van der Waals surface area contributed by atoms with Gasteiger partial charge in [0.15, 0.2) is 0 Å². The van der Waals surface area contributed by atoms with Crippen molar-refractivity contribution in [2.24, 2.45) is 0 Å². The normalized spacial score (nSPS) is 17.1. The van der Waals surface area contributed by atoms with Gasteiger partial charge >= 0.3 is 5.97 Å². The van der Waals surface area contributed by atoms with Crippen molar-refractivity contribution in [1.82, 2.24) is 9.80 Å². The molecular formula is C10H14N2O3. The lowest BCUT2D eigenvalue weighted by atomic mass is 10.3. The van der Waals surface area contributed by atoms with Gasteiger partial charge in [-0.1, -0.05) is 5.92 Å². The molecule has 0 saturated carbocycles. The topological polar surface area (TPSA) is 60.9 Å². The van der Waals surface area contributed by atoms with Gasteiger partial charge in [-0.05, 0) is 0 Å². The molecule has 0 bridgehead atoms. The van der Waals surface area contributed by atoms with E-state index in [0.29, 0.717) is 26.2 Å². The highest BCUT2D eigenvalue weighted by molar-refractivity contribution is 5.78. The second kappa shape index (κ2) is 5.37. The molecule has 1 rings (SSSR count). The number of carboxylic acids is 1. The van der Waals surface area contributed by atoms with E-state index in [1.807, 2.05) is 4.90 Å². The number of nitrogens with zero attached hydrogens (tertiary/aromatic N) is 2. The molecular weight excluding hydrogens is 196 g/mol. The maximum absolute atomic E-state index is 11.4. The van der Waals surface area contributed by atoms with Crippen molar-refractivity contribution in [2.75, 3.05) is 32.7 Å². The summed E-state index contributed by atoms with van der Waals surface area (Å²) < 4.78 is 0. The molecule has 1 amide bonds. The van der Waals surface area contributed by atoms with Crippen molar-refractivity contribution in [3.8, 4) is 12.3 Å². The van der Waals surface area contributed by atoms with E-state index >= 15 is 0 Å². The zero-order valence-corrected chi connectivity index (χ0v) is 8.48. The number of piperazine rings is 1. The molecule has 0 aliphatic carbocycles. The average molecular weight is 210 g/mol. The Kier molecular flexibility index (Phi) is 4.13. The molecule has 0 aromatic carbocycles. The molecule has 15 heavy (non-hydrogen) atoms. The van der Waals surface area contributed by atoms with Gasteiger partial charge in [0.2, 0.25) is 5.91 Å². The third-order valence-corrected chi connectivity index (χ3v) is 2.34. The summed E-state index contributed by atoms with van der Waals surface area (Å²) in [6.45, 7) is 2.37. The summed E-state index contributed by atoms with van der Waals surface area (Å²) in [5, 5.41) is 8.58. The molecule has 0 spiro atoms. The highest BCUT2D eigenvalue weighted by Gasteiger charge is 2.21. The lowest BCUT2D eigenvalue weighted by Gasteiger charge is -2.33. The summed E-state index contributed by atoms with van der Waals surface area (Å²) in [4.78, 5) is 25.3. The number of carbonyl (C=O) groups excluding carboxylic acids is 1. The molecule has 1 heterocycles. The van der Waals surface area contributed by atoms with E-state index in [4.69, 9.17) is 11.5 Å². The summed E-state index contributed by atoms with van der Waals surface area (Å²) in [6, 6.07) is 0. The first-order chi connectivity index (χ1) is 7.13. The molecule has 82 valence electrons. The van der Waals surface area contributed by atoms with Crippen LogP contribution in [0.5, 0.6) is 0 Å². The third-order valence-electron chi connectivity index (χ3n) is 2.34. The van der Waals surface area contributed by atoms with Crippen LogP contribution >= 0.6 is 0 Å². The first kappa shape index (κ1) is 11.5. The fourth-order valence-corrected chi connectivity index (χ4v) is 1.55. The Morgan fingerprint density at radius 3 is 2.33 bits per heavy atom. The van der Waals surface area contributed by atoms with Gasteiger partial charge in [0.1, 0.15) is 0 Å². The molecule has 0 aromatic heterocycles. The van der Waals surface area contributed by atoms with E-state index in [1.165, 1.54) is 0 Å². The van der Waals surface area contributed by atoms with E-state index < -0.39 is 5.97 Å². The van der Waals surface area contributed by atoms with Crippen LogP contribution in [-0.4, -0.2) is 59.5 Å². The minimum atomic E-state index is -0.835. The van der Waals surface area contributed by atoms with E-state index in [2.05, 4.69) is 5.92 Å². The maximum atomic E-state index is 11.4. The Bertz CT molecular complexity index is 288. The molecule has 1 N–H and O–H groups in total. The Labute approximate surface area is 88.7 Å². The number of terminal acetylenes is 1. The van der Waals surface area contributed by atoms with E-state index in [0.717, 1.165) is 0 Å². The first-order valence-corrected chi connectivity index (χ1v) is 4.79. The molecule has 0 radical (unpaired) electrons. The van der Waals surface area contributed by atoms with Gasteiger partial charge in [-0.3, -0.25) is 14.5 Å². The number of carboxylic acid groups (broad SMARTS) is 1. The van der Waals surface area contributed by atoms with Crippen molar-refractivity contribution in [1.29, 1.82) is 0 Å². The van der Waals surface area contributed by atoms with Crippen LogP contribution in [0.25, 0.3) is 0 Å². The van der Waals surface area contributed by atoms with Gasteiger partial charge in [-0.2, -0.15) is 0 Å². The van der Waals surface area contributed by atoms with Gasteiger partial charge in [0.05, 0.1) is 13.0 Å². The molecule has 0 atom stereocenters. The molecule has 0 unspecified atom stereocenters. The number of amides is 1. The Morgan fingerprint density at radius 1 is 1.27 bits per heavy atom. The minimum absolute atomic E-state index is 0.0389. The summed E-state index contributed by atoms with van der Waals surface area (Å²) in [6.07, 6.45) is 5.17. The van der Waals surface area contributed by atoms with Crippen LogP contribution in [0.3, 0.4) is 0 Å². The molecule has 1 aliphatic rings. The fraction of sp³-hybridized carbons (Fsp3) is 0.600. The smallest absolute Gasteiger partial charge is 0.317 e. The van der Waals surface area contributed by atoms with Crippen molar-refractivity contribution < 1.29 is 14.7 Å². The number of carbonyl (C=O) groups is 2. The zero-order chi connectivity index (χ0) is 11.3. The summed E-state index contributed by atoms with van der Waals surface area (Å²) in [7, 11) is 0. The minimum Gasteiger partial charge on any atom is -0.480 e. The van der Waals surface area contributed by atoms with Crippen LogP contribution < -0.4 is 0 Å². The molecule has 5 nitrogen and oxygen atoms in total. The second-order valence-corrected chi connectivity index (χ2v) is 3.43. The van der Waals surface area contributed by atoms with E-state index in [-0.39, 0.29) is 18.9 Å². The van der Waals surface area contributed by atoms with Gasteiger partial charge in [-0.15, -0.1) is 6.42 Å². The first-order valence-electron chi connectivity index (χ1n) is 4.79. The van der Waals surface area contributed by atoms with Crippen molar-refractivity contribution in [3.63, 3.8) is 0 Å². The molecule has 1 saturated heterocycles. The predicted molar refractivity (Wildman–Crippen MR) is 54.1 cm³/mol. The van der Waals surface area contributed by atoms with Crippen LogP contribution in [-0.2, 0) is 9.59 Å². The standard InChI is InChI=1S/C10H14N2O3/c1-2-3-9(13)12-6-4-11(5-7-12)8-10(14)15/h1H,3-8H2,(H,14,15). The van der Waals surface area contributed by atoms with Crippen LogP contribution in [0.1, 0.15) is 6.42 Å². The summed E-state index contributed by atoms with van der Waals surface area (Å²) in [5.41, 5.74) is 0. The quantitative estimate of drug-likeness (QED) is 0.622. The maximum Gasteiger partial charge on any atom is 0.317 e. The predicted octanol–water partition coefficient (Wildman–Crippen LogP) is -0.761. The summed E-state index contributed by atoms with van der Waals surface area (Å²) >= 11 is 0. The van der Waals surface area contributed by atoms with E-state index in [9.17, 15) is 9.59 Å². The van der Waals surface area contributed by atoms with Gasteiger partial charge in [0.25, 0.3) is 0 Å². The third kappa shape index (κ3) is 3.60. The molecule has 1 fully saturated rings. The highest BCUT2D eigenvalue weighted by atomic mass is 16.4. The molecule has 0 aromatic rings. The van der Waals surface area contributed by atoms with Crippen LogP contribution in [0.15, 0.2) is 0 Å². The zero-order valence-electron chi connectivity index (χ0n) is 8.48. The van der Waals surface area contributed by atoms with Gasteiger partial charge < -0.3 is 10.0 Å². The summed E-state index contributed by atoms with van der Waals surface area (Å²) in [5.74, 6) is 1.43. The van der Waals surface area contributed by atoms with Crippen molar-refractivity contribution in [2.45, 2.75) is 6.42 Å². The Hall–Kier alpha value is -1.54. The van der Waals surface area contributed by atoms with Crippen molar-refractivity contribution >= 4 is 11.9 Å². The van der Waals surface area contributed by atoms with Gasteiger partial charge in [0, 0.05) is 26.2 Å². The number of hydrogen-bond donors (Lipinski definition) is 1. The molecule has 1 aliphatic heterocycles. The lowest BCUT2D eigenvalue weighted by Crippen LogP contribution is -2.49. The largest absolute Gasteiger partial charge is 0.480 e. The van der Waals surface area contributed by atoms with Crippen LogP contribution in [0.2, 0.25) is 0 Å². The Morgan fingerprint density at radius 2 is 1.87 bits per heavy atom. The fourth-order valence-electron chi connectivity index (χ4n) is 1.55. The van der Waals surface area contributed by atoms with Gasteiger partial charge in [-0.25, -0.2) is 0 Å². The monoisotopic (exact) mass is 210 g/mol. The van der Waals surface area contributed by atoms with E-state index in [1.54, 1.807) is 4.90 Å². The highest BCUT2D eigenvalue weighted by Crippen LogP contribution is 2.03. The van der Waals surface area contributed by atoms with Crippen molar-refractivity contribution in [3.05, 3.63) is 0 Å². The van der Waals surface area contributed by atoms with Crippen LogP contribution in [0, 0.1) is 12.3 Å².